The summed E-state index contributed by atoms with van der Waals surface area (Å²) in [7, 11) is 0. The van der Waals surface area contributed by atoms with Crippen molar-refractivity contribution in [2.75, 3.05) is 10.2 Å². The van der Waals surface area contributed by atoms with Crippen molar-refractivity contribution in [2.45, 2.75) is 57.0 Å². The lowest BCUT2D eigenvalue weighted by Gasteiger charge is -2.39. The largest absolute Gasteiger partial charge is 0.352 e. The smallest absolute Gasteiger partial charge is 0.269 e. The van der Waals surface area contributed by atoms with Crippen LogP contribution in [-0.4, -0.2) is 34.5 Å². The third-order valence-corrected chi connectivity index (χ3v) is 10.1. The average Bonchev–Trinajstić information content (AvgIpc) is 3.56. The number of Topliss-reactive ketones (excluding diaryl/α,β-unsaturated/α-hetero) is 2. The van der Waals surface area contributed by atoms with Crippen molar-refractivity contribution in [3.05, 3.63) is 141 Å². The van der Waals surface area contributed by atoms with Gasteiger partial charge in [-0.1, -0.05) is 86.5 Å². The number of aryl methyl sites for hydroxylation is 1. The molecule has 1 spiro atoms. The Hall–Kier alpha value is -5.37. The molecule has 4 atom stereocenters. The van der Waals surface area contributed by atoms with Gasteiger partial charge in [-0.3, -0.25) is 24.5 Å². The third kappa shape index (κ3) is 4.70. The van der Waals surface area contributed by atoms with Crippen molar-refractivity contribution in [1.29, 1.82) is 0 Å². The maximum atomic E-state index is 15.1. The van der Waals surface area contributed by atoms with Gasteiger partial charge < -0.3 is 10.2 Å². The molecular weight excluding hydrogens is 590 g/mol. The second kappa shape index (κ2) is 11.8. The van der Waals surface area contributed by atoms with Crippen LogP contribution in [0.5, 0.6) is 0 Å². The number of rotatable bonds is 9. The fourth-order valence-electron chi connectivity index (χ4n) is 7.90. The fourth-order valence-corrected chi connectivity index (χ4v) is 7.90. The van der Waals surface area contributed by atoms with Crippen molar-refractivity contribution in [3.63, 3.8) is 0 Å². The Balaban J connectivity index is 1.45. The van der Waals surface area contributed by atoms with Gasteiger partial charge in [0.15, 0.2) is 11.6 Å². The first-order valence-electron chi connectivity index (χ1n) is 16.2. The molecule has 8 heteroatoms. The van der Waals surface area contributed by atoms with Crippen LogP contribution in [0.1, 0.15) is 70.5 Å². The van der Waals surface area contributed by atoms with Crippen molar-refractivity contribution in [2.24, 2.45) is 5.92 Å². The van der Waals surface area contributed by atoms with Crippen LogP contribution >= 0.6 is 0 Å². The number of hydrogen-bond acceptors (Lipinski definition) is 6. The molecule has 3 heterocycles. The number of carbonyl (C=O) groups excluding carboxylic acids is 3. The van der Waals surface area contributed by atoms with E-state index in [1.165, 1.54) is 24.3 Å². The lowest BCUT2D eigenvalue weighted by molar-refractivity contribution is -0.384. The molecule has 3 aliphatic heterocycles. The van der Waals surface area contributed by atoms with Gasteiger partial charge in [0, 0.05) is 40.2 Å². The van der Waals surface area contributed by atoms with Crippen LogP contribution in [0.15, 0.2) is 103 Å². The predicted molar refractivity (Wildman–Crippen MR) is 182 cm³/mol. The van der Waals surface area contributed by atoms with Gasteiger partial charge in [0.1, 0.15) is 11.5 Å². The number of nitrogens with one attached hydrogen (secondary N) is 1. The van der Waals surface area contributed by atoms with E-state index < -0.39 is 28.3 Å². The Kier molecular flexibility index (Phi) is 7.59. The van der Waals surface area contributed by atoms with Crippen LogP contribution in [0.2, 0.25) is 0 Å². The topological polar surface area (TPSA) is 110 Å². The number of ketones is 2. The van der Waals surface area contributed by atoms with Gasteiger partial charge in [-0.25, -0.2) is 0 Å². The first-order chi connectivity index (χ1) is 22.8. The molecule has 4 aromatic rings. The number of fused-ring (bicyclic) bond motifs is 6. The van der Waals surface area contributed by atoms with Gasteiger partial charge in [-0.2, -0.15) is 0 Å². The summed E-state index contributed by atoms with van der Waals surface area (Å²) >= 11 is 0. The number of carbonyl (C=O) groups is 3. The minimum Gasteiger partial charge on any atom is -0.352 e. The molecule has 1 saturated heterocycles. The minimum absolute atomic E-state index is 0.139. The molecule has 0 saturated carbocycles. The summed E-state index contributed by atoms with van der Waals surface area (Å²) < 4.78 is 0. The van der Waals surface area contributed by atoms with Crippen LogP contribution in [0.3, 0.4) is 0 Å². The van der Waals surface area contributed by atoms with Gasteiger partial charge in [0.2, 0.25) is 5.91 Å². The molecule has 0 radical (unpaired) electrons. The van der Waals surface area contributed by atoms with E-state index in [0.29, 0.717) is 16.8 Å². The van der Waals surface area contributed by atoms with Crippen LogP contribution in [0.4, 0.5) is 17.1 Å². The number of benzene rings is 4. The summed E-state index contributed by atoms with van der Waals surface area (Å²) in [6.45, 7) is 4.15. The van der Waals surface area contributed by atoms with Crippen molar-refractivity contribution in [3.8, 4) is 0 Å². The highest BCUT2D eigenvalue weighted by Gasteiger charge is 2.70. The SMILES string of the molecule is CCCCCc1ccc(C(=O)[C@@H]2[C@H](C(=O)c3ccc([N+](=O)[O-])cc3)N3c4ccccc4C(C)=C[C@H]3[C@]23C(=O)Nc2ccccc23)cc1. The highest BCUT2D eigenvalue weighted by atomic mass is 16.6. The fraction of sp³-hybridized carbons (Fsp3) is 0.256. The molecule has 0 aromatic heterocycles. The second-order valence-corrected chi connectivity index (χ2v) is 12.7. The monoisotopic (exact) mass is 625 g/mol. The summed E-state index contributed by atoms with van der Waals surface area (Å²) in [6, 6.07) is 26.4. The number of amides is 1. The van der Waals surface area contributed by atoms with E-state index in [1.807, 2.05) is 90.7 Å². The maximum absolute atomic E-state index is 15.1. The standard InChI is InChI=1S/C39H35N3O5/c1-3-4-5-10-25-15-17-26(18-16-25)36(43)34-35(37(44)27-19-21-28(22-20-27)42(46)47)41-32-14-9-6-11-29(32)24(2)23-33(41)39(34)30-12-7-8-13-31(30)40-38(39)45/h6-9,11-23,33-35H,3-5,10H2,1-2H3,(H,40,45)/t33-,34-,35+,39-/m0/s1. The molecule has 8 nitrogen and oxygen atoms in total. The lowest BCUT2D eigenvalue weighted by atomic mass is 9.64. The van der Waals surface area contributed by atoms with Crippen LogP contribution in [-0.2, 0) is 16.6 Å². The first kappa shape index (κ1) is 30.3. The second-order valence-electron chi connectivity index (χ2n) is 12.7. The molecule has 0 bridgehead atoms. The molecule has 1 N–H and O–H groups in total. The summed E-state index contributed by atoms with van der Waals surface area (Å²) in [5.41, 5.74) is 4.15. The molecule has 4 aromatic carbocycles. The van der Waals surface area contributed by atoms with E-state index in [2.05, 4.69) is 12.2 Å². The zero-order valence-electron chi connectivity index (χ0n) is 26.3. The average molecular weight is 626 g/mol. The van der Waals surface area contributed by atoms with E-state index in [1.54, 1.807) is 0 Å². The van der Waals surface area contributed by atoms with E-state index in [4.69, 9.17) is 0 Å². The van der Waals surface area contributed by atoms with Crippen molar-refractivity contribution < 1.29 is 19.3 Å². The Labute approximate surface area is 273 Å². The molecule has 7 rings (SSSR count). The van der Waals surface area contributed by atoms with Crippen LogP contribution < -0.4 is 10.2 Å². The van der Waals surface area contributed by atoms with E-state index in [-0.39, 0.29) is 28.7 Å². The quantitative estimate of drug-likeness (QED) is 0.0889. The zero-order chi connectivity index (χ0) is 32.9. The molecule has 3 aliphatic rings. The Bertz CT molecular complexity index is 1950. The number of nitro groups is 1. The normalized spacial score (nSPS) is 22.3. The van der Waals surface area contributed by atoms with Crippen LogP contribution in [0.25, 0.3) is 5.57 Å². The Morgan fingerprint density at radius 1 is 0.872 bits per heavy atom. The van der Waals surface area contributed by atoms with Gasteiger partial charge in [-0.15, -0.1) is 0 Å². The molecule has 47 heavy (non-hydrogen) atoms. The summed E-state index contributed by atoms with van der Waals surface area (Å²) in [4.78, 5) is 57.4. The molecule has 1 fully saturated rings. The van der Waals surface area contributed by atoms with E-state index in [0.717, 1.165) is 48.1 Å². The molecule has 0 aliphatic carbocycles. The predicted octanol–water partition coefficient (Wildman–Crippen LogP) is 7.57. The van der Waals surface area contributed by atoms with Gasteiger partial charge in [-0.05, 0) is 60.7 Å². The third-order valence-electron chi connectivity index (χ3n) is 10.1. The summed E-state index contributed by atoms with van der Waals surface area (Å²) in [6.07, 6.45) is 6.22. The van der Waals surface area contributed by atoms with Crippen molar-refractivity contribution >= 4 is 40.1 Å². The Morgan fingerprint density at radius 3 is 2.26 bits per heavy atom. The molecule has 236 valence electrons. The number of para-hydroxylation sites is 2. The number of allylic oxidation sites excluding steroid dienone is 1. The molecule has 1 amide bonds. The molecular formula is C39H35N3O5. The van der Waals surface area contributed by atoms with Crippen molar-refractivity contribution in [1.82, 2.24) is 0 Å². The number of nitro benzene ring substituents is 1. The van der Waals surface area contributed by atoms with Gasteiger partial charge in [0.25, 0.3) is 5.69 Å². The van der Waals surface area contributed by atoms with Gasteiger partial charge in [0.05, 0.1) is 16.9 Å². The summed E-state index contributed by atoms with van der Waals surface area (Å²) in [5, 5.41) is 14.5. The lowest BCUT2D eigenvalue weighted by Crippen LogP contribution is -2.51. The van der Waals surface area contributed by atoms with Gasteiger partial charge >= 0.3 is 0 Å². The summed E-state index contributed by atoms with van der Waals surface area (Å²) in [5.74, 6) is -2.11. The number of non-ortho nitro benzene ring substituents is 1. The number of hydrogen-bond donors (Lipinski definition) is 1. The number of nitrogens with zero attached hydrogens (tertiary/aromatic N) is 2. The highest BCUT2D eigenvalue weighted by molar-refractivity contribution is 6.18. The minimum atomic E-state index is -1.43. The van der Waals surface area contributed by atoms with Crippen LogP contribution in [0, 0.1) is 16.0 Å². The highest BCUT2D eigenvalue weighted by Crippen LogP contribution is 2.58. The first-order valence-corrected chi connectivity index (χ1v) is 16.2. The zero-order valence-corrected chi connectivity index (χ0v) is 26.3. The number of unbranched alkanes of at least 4 members (excludes halogenated alkanes) is 2. The van der Waals surface area contributed by atoms with E-state index >= 15 is 4.79 Å². The van der Waals surface area contributed by atoms with E-state index in [9.17, 15) is 19.7 Å². The Morgan fingerprint density at radius 2 is 1.53 bits per heavy atom. The molecule has 0 unspecified atom stereocenters. The number of anilines is 2. The maximum Gasteiger partial charge on any atom is 0.269 e.